The number of carbonyl (C=O) groups is 1. The number of aryl methyl sites for hydroxylation is 1. The van der Waals surface area contributed by atoms with Crippen LogP contribution in [-0.2, 0) is 22.7 Å². The molecule has 1 aliphatic carbocycles. The van der Waals surface area contributed by atoms with Gasteiger partial charge in [-0.2, -0.15) is 15.3 Å². The number of piperidine rings is 1. The number of hydrogen-bond donors (Lipinski definition) is 0. The second kappa shape index (κ2) is 9.48. The number of anilines is 1. The van der Waals surface area contributed by atoms with Gasteiger partial charge in [0.15, 0.2) is 0 Å². The Labute approximate surface area is 212 Å². The number of amides is 1. The van der Waals surface area contributed by atoms with E-state index in [9.17, 15) is 4.79 Å². The Balaban J connectivity index is 1.41. The lowest BCUT2D eigenvalue weighted by Gasteiger charge is -2.22. The van der Waals surface area contributed by atoms with E-state index in [0.29, 0.717) is 24.3 Å². The van der Waals surface area contributed by atoms with Crippen molar-refractivity contribution in [3.63, 3.8) is 0 Å². The zero-order valence-electron chi connectivity index (χ0n) is 20.7. The van der Waals surface area contributed by atoms with Crippen molar-refractivity contribution in [2.75, 3.05) is 11.5 Å². The molecule has 0 radical (unpaired) electrons. The van der Waals surface area contributed by atoms with Gasteiger partial charge in [0.1, 0.15) is 12.5 Å². The molecule has 1 aromatic carbocycles. The summed E-state index contributed by atoms with van der Waals surface area (Å²) in [6.07, 6.45) is 5.22. The first kappa shape index (κ1) is 24.2. The van der Waals surface area contributed by atoms with Crippen LogP contribution in [0.3, 0.4) is 0 Å². The normalized spacial score (nSPS) is 21.5. The maximum atomic E-state index is 13.6. The van der Waals surface area contributed by atoms with Gasteiger partial charge in [0, 0.05) is 43.3 Å². The van der Waals surface area contributed by atoms with E-state index in [2.05, 4.69) is 29.8 Å². The molecule has 3 unspecified atom stereocenters. The van der Waals surface area contributed by atoms with Gasteiger partial charge in [-0.3, -0.25) is 9.69 Å². The Morgan fingerprint density at radius 1 is 1.14 bits per heavy atom. The molecule has 0 spiro atoms. The van der Waals surface area contributed by atoms with Crippen LogP contribution in [0.25, 0.3) is 11.3 Å². The van der Waals surface area contributed by atoms with Crippen molar-refractivity contribution in [3.05, 3.63) is 58.9 Å². The fourth-order valence-electron chi connectivity index (χ4n) is 4.86. The number of carbonyl (C=O) groups excluding carboxylic acids is 1. The lowest BCUT2D eigenvalue weighted by atomic mass is 9.95. The van der Waals surface area contributed by atoms with Gasteiger partial charge < -0.3 is 4.74 Å². The van der Waals surface area contributed by atoms with Crippen LogP contribution in [0.1, 0.15) is 17.5 Å². The highest BCUT2D eigenvalue weighted by molar-refractivity contribution is 6.76. The topological polar surface area (TPSA) is 73.1 Å². The van der Waals surface area contributed by atoms with Gasteiger partial charge in [-0.15, -0.1) is 0 Å². The molecule has 184 valence electrons. The second-order valence-corrected chi connectivity index (χ2v) is 17.0. The third-order valence-corrected chi connectivity index (χ3v) is 8.95. The summed E-state index contributed by atoms with van der Waals surface area (Å²) in [5.41, 5.74) is 3.84. The molecule has 2 aliphatic rings. The molecule has 2 fully saturated rings. The van der Waals surface area contributed by atoms with Crippen molar-refractivity contribution in [1.29, 1.82) is 0 Å². The van der Waals surface area contributed by atoms with E-state index in [1.54, 1.807) is 12.4 Å². The molecule has 3 atom stereocenters. The van der Waals surface area contributed by atoms with Gasteiger partial charge >= 0.3 is 0 Å². The fourth-order valence-corrected chi connectivity index (χ4v) is 5.74. The minimum absolute atomic E-state index is 0.0230. The van der Waals surface area contributed by atoms with Crippen molar-refractivity contribution in [2.24, 2.45) is 11.8 Å². The number of aromatic nitrogens is 4. The maximum Gasteiger partial charge on any atom is 0.232 e. The zero-order chi connectivity index (χ0) is 24.7. The molecule has 0 N–H and O–H groups in total. The van der Waals surface area contributed by atoms with Crippen LogP contribution in [0.5, 0.6) is 0 Å². The highest BCUT2D eigenvalue weighted by Crippen LogP contribution is 2.52. The van der Waals surface area contributed by atoms with E-state index in [1.807, 2.05) is 46.8 Å². The number of halogens is 1. The van der Waals surface area contributed by atoms with Crippen LogP contribution in [0.4, 0.5) is 5.82 Å². The van der Waals surface area contributed by atoms with Gasteiger partial charge in [0.05, 0.1) is 18.1 Å². The quantitative estimate of drug-likeness (QED) is 0.292. The summed E-state index contributed by atoms with van der Waals surface area (Å²) in [6, 6.07) is 11.1. The first-order chi connectivity index (χ1) is 16.7. The number of hydrogen-bond acceptors (Lipinski definition) is 5. The van der Waals surface area contributed by atoms with Crippen LogP contribution in [0.15, 0.2) is 42.7 Å². The molecule has 0 bridgehead atoms. The first-order valence-electron chi connectivity index (χ1n) is 12.2. The second-order valence-electron chi connectivity index (χ2n) is 10.9. The Morgan fingerprint density at radius 3 is 2.60 bits per heavy atom. The van der Waals surface area contributed by atoms with Crippen LogP contribution in [-0.4, -0.2) is 46.6 Å². The summed E-state index contributed by atoms with van der Waals surface area (Å²) in [7, 11) is -1.20. The molecule has 2 aromatic heterocycles. The Kier molecular flexibility index (Phi) is 6.54. The summed E-state index contributed by atoms with van der Waals surface area (Å²) in [4.78, 5) is 15.6. The van der Waals surface area contributed by atoms with E-state index in [0.717, 1.165) is 47.1 Å². The van der Waals surface area contributed by atoms with E-state index in [4.69, 9.17) is 21.4 Å². The minimum Gasteiger partial charge on any atom is -0.359 e. The molecular formula is C26H32ClN5O2Si. The fraction of sp³-hybridized carbons (Fsp3) is 0.462. The smallest absolute Gasteiger partial charge is 0.232 e. The average Bonchev–Trinajstić information content (AvgIpc) is 3.39. The van der Waals surface area contributed by atoms with Crippen LogP contribution in [0.2, 0.25) is 30.7 Å². The predicted octanol–water partition coefficient (Wildman–Crippen LogP) is 5.21. The molecule has 9 heteroatoms. The summed E-state index contributed by atoms with van der Waals surface area (Å²) in [5, 5.41) is 13.6. The average molecular weight is 510 g/mol. The predicted molar refractivity (Wildman–Crippen MR) is 140 cm³/mol. The lowest BCUT2D eigenvalue weighted by molar-refractivity contribution is -0.121. The van der Waals surface area contributed by atoms with Crippen molar-refractivity contribution in [1.82, 2.24) is 20.0 Å². The number of nitrogens with zero attached hydrogens (tertiary/aromatic N) is 5. The summed E-state index contributed by atoms with van der Waals surface area (Å²) >= 11 is 6.05. The molecule has 1 saturated heterocycles. The van der Waals surface area contributed by atoms with Crippen molar-refractivity contribution >= 4 is 31.4 Å². The molecular weight excluding hydrogens is 478 g/mol. The van der Waals surface area contributed by atoms with E-state index in [-0.39, 0.29) is 17.9 Å². The largest absolute Gasteiger partial charge is 0.359 e. The number of benzene rings is 1. The summed E-state index contributed by atoms with van der Waals surface area (Å²) in [5.74, 6) is 1.33. The van der Waals surface area contributed by atoms with Gasteiger partial charge in [0.2, 0.25) is 5.91 Å². The highest BCUT2D eigenvalue weighted by atomic mass is 35.5. The Hall–Kier alpha value is -2.55. The van der Waals surface area contributed by atoms with E-state index in [1.165, 1.54) is 0 Å². The van der Waals surface area contributed by atoms with E-state index < -0.39 is 8.07 Å². The molecule has 1 amide bonds. The lowest BCUT2D eigenvalue weighted by Crippen LogP contribution is -2.34. The van der Waals surface area contributed by atoms with Crippen LogP contribution in [0, 0.1) is 18.8 Å². The molecule has 3 heterocycles. The molecule has 7 nitrogen and oxygen atoms in total. The van der Waals surface area contributed by atoms with Crippen molar-refractivity contribution < 1.29 is 9.53 Å². The molecule has 3 aromatic rings. The third kappa shape index (κ3) is 5.20. The standard InChI is InChI=1S/C26H32ClN5O2Si/c1-17-14-28-29-15-22(17)23-13-25(31(30-23)16-34-9-10-35(2,3)4)32-24-12-20(24)21(26(32)33)11-18-5-7-19(27)8-6-18/h5-8,13-15,20-21,24H,9-12,16H2,1-4H3. The molecule has 1 aliphatic heterocycles. The Bertz CT molecular complexity index is 1220. The highest BCUT2D eigenvalue weighted by Gasteiger charge is 2.59. The van der Waals surface area contributed by atoms with Crippen LogP contribution >= 0.6 is 11.6 Å². The maximum absolute atomic E-state index is 13.6. The SMILES string of the molecule is Cc1cnncc1-c1cc(N2C(=O)C(Cc3ccc(Cl)cc3)C3CC32)n(COCC[Si](C)(C)C)n1. The number of fused-ring (bicyclic) bond motifs is 1. The van der Waals surface area contributed by atoms with Gasteiger partial charge in [0.25, 0.3) is 0 Å². The van der Waals surface area contributed by atoms with E-state index >= 15 is 0 Å². The molecule has 5 rings (SSSR count). The third-order valence-electron chi connectivity index (χ3n) is 7.00. The van der Waals surface area contributed by atoms with Crippen LogP contribution < -0.4 is 4.90 Å². The summed E-state index contributed by atoms with van der Waals surface area (Å²) in [6.45, 7) is 10.0. The Morgan fingerprint density at radius 2 is 1.89 bits per heavy atom. The first-order valence-corrected chi connectivity index (χ1v) is 16.3. The van der Waals surface area contributed by atoms with Crippen molar-refractivity contribution in [2.45, 2.75) is 58.2 Å². The molecule has 35 heavy (non-hydrogen) atoms. The molecule has 1 saturated carbocycles. The summed E-state index contributed by atoms with van der Waals surface area (Å²) < 4.78 is 7.89. The zero-order valence-corrected chi connectivity index (χ0v) is 22.5. The van der Waals surface area contributed by atoms with Gasteiger partial charge in [-0.25, -0.2) is 4.68 Å². The minimum atomic E-state index is -1.20. The van der Waals surface area contributed by atoms with Crippen molar-refractivity contribution in [3.8, 4) is 11.3 Å². The monoisotopic (exact) mass is 509 g/mol. The number of ether oxygens (including phenoxy) is 1. The number of rotatable bonds is 9. The van der Waals surface area contributed by atoms with Gasteiger partial charge in [-0.1, -0.05) is 43.4 Å². The van der Waals surface area contributed by atoms with Gasteiger partial charge in [-0.05, 0) is 55.0 Å².